The van der Waals surface area contributed by atoms with Gasteiger partial charge in [-0.25, -0.2) is 0 Å². The Bertz CT molecular complexity index is 847. The third kappa shape index (κ3) is 3.68. The molecule has 3 rings (SSSR count). The molecule has 1 heterocycles. The molecule has 0 atom stereocenters. The van der Waals surface area contributed by atoms with Crippen molar-refractivity contribution < 1.29 is 4.79 Å². The van der Waals surface area contributed by atoms with Crippen molar-refractivity contribution in [3.8, 4) is 0 Å². The van der Waals surface area contributed by atoms with E-state index < -0.39 is 0 Å². The zero-order valence-electron chi connectivity index (χ0n) is 13.0. The van der Waals surface area contributed by atoms with Crippen LogP contribution in [0.4, 0.5) is 5.69 Å². The largest absolute Gasteiger partial charge is 0.325 e. The number of fused-ring (bicyclic) bond motifs is 1. The van der Waals surface area contributed by atoms with Crippen molar-refractivity contribution in [2.45, 2.75) is 18.9 Å². The van der Waals surface area contributed by atoms with E-state index in [1.807, 2.05) is 62.4 Å². The van der Waals surface area contributed by atoms with Crippen LogP contribution in [0.25, 0.3) is 10.8 Å². The van der Waals surface area contributed by atoms with Gasteiger partial charge in [0.15, 0.2) is 0 Å². The first-order valence-electron chi connectivity index (χ1n) is 7.35. The monoisotopic (exact) mass is 323 g/mol. The van der Waals surface area contributed by atoms with E-state index in [-0.39, 0.29) is 5.91 Å². The molecule has 1 amide bonds. The van der Waals surface area contributed by atoms with E-state index in [2.05, 4.69) is 15.5 Å². The topological polar surface area (TPSA) is 54.9 Å². The van der Waals surface area contributed by atoms with E-state index in [0.717, 1.165) is 27.2 Å². The van der Waals surface area contributed by atoms with Crippen LogP contribution in [-0.4, -0.2) is 21.9 Å². The number of benzene rings is 2. The van der Waals surface area contributed by atoms with Crippen molar-refractivity contribution in [2.75, 3.05) is 11.1 Å². The van der Waals surface area contributed by atoms with Crippen LogP contribution in [0.2, 0.25) is 0 Å². The maximum atomic E-state index is 12.1. The van der Waals surface area contributed by atoms with Gasteiger partial charge in [0.25, 0.3) is 0 Å². The molecule has 3 aromatic rings. The van der Waals surface area contributed by atoms with Gasteiger partial charge in [-0.05, 0) is 26.0 Å². The maximum absolute atomic E-state index is 12.1. The number of carbonyl (C=O) groups is 1. The van der Waals surface area contributed by atoms with Gasteiger partial charge in [-0.2, -0.15) is 5.10 Å². The van der Waals surface area contributed by atoms with E-state index in [0.29, 0.717) is 5.75 Å². The van der Waals surface area contributed by atoms with Gasteiger partial charge in [0.05, 0.1) is 11.4 Å². The smallest absolute Gasteiger partial charge is 0.234 e. The van der Waals surface area contributed by atoms with Crippen LogP contribution in [-0.2, 0) is 4.79 Å². The highest BCUT2D eigenvalue weighted by atomic mass is 32.2. The van der Waals surface area contributed by atoms with E-state index in [1.54, 1.807) is 0 Å². The Labute approximate surface area is 139 Å². The fourth-order valence-electron chi connectivity index (χ4n) is 2.29. The van der Waals surface area contributed by atoms with Gasteiger partial charge in [0, 0.05) is 16.5 Å². The number of aromatic nitrogens is 2. The Kier molecular flexibility index (Phi) is 4.57. The molecule has 23 heavy (non-hydrogen) atoms. The molecule has 0 spiro atoms. The highest BCUT2D eigenvalue weighted by Gasteiger charge is 2.09. The summed E-state index contributed by atoms with van der Waals surface area (Å²) >= 11 is 1.40. The Morgan fingerprint density at radius 3 is 2.43 bits per heavy atom. The van der Waals surface area contributed by atoms with Crippen LogP contribution in [0.3, 0.4) is 0 Å². The lowest BCUT2D eigenvalue weighted by molar-refractivity contribution is -0.113. The predicted molar refractivity (Wildman–Crippen MR) is 94.8 cm³/mol. The van der Waals surface area contributed by atoms with Gasteiger partial charge in [-0.1, -0.05) is 53.7 Å². The van der Waals surface area contributed by atoms with E-state index >= 15 is 0 Å². The normalized spacial score (nSPS) is 10.7. The minimum Gasteiger partial charge on any atom is -0.325 e. The molecule has 0 bridgehead atoms. The van der Waals surface area contributed by atoms with Gasteiger partial charge in [-0.3, -0.25) is 4.79 Å². The highest BCUT2D eigenvalue weighted by molar-refractivity contribution is 8.00. The molecule has 0 fully saturated rings. The highest BCUT2D eigenvalue weighted by Crippen LogP contribution is 2.26. The van der Waals surface area contributed by atoms with Crippen molar-refractivity contribution in [3.05, 3.63) is 59.8 Å². The van der Waals surface area contributed by atoms with Crippen molar-refractivity contribution in [3.63, 3.8) is 0 Å². The summed E-state index contributed by atoms with van der Waals surface area (Å²) in [5.74, 6) is 0.251. The molecule has 0 aliphatic rings. The first-order chi connectivity index (χ1) is 11.1. The van der Waals surface area contributed by atoms with Crippen molar-refractivity contribution in [1.82, 2.24) is 10.2 Å². The first kappa shape index (κ1) is 15.5. The molecular formula is C18H17N3OS. The van der Waals surface area contributed by atoms with Crippen LogP contribution < -0.4 is 5.32 Å². The third-order valence-electron chi connectivity index (χ3n) is 3.51. The number of thioether (sulfide) groups is 1. The fourth-order valence-corrected chi connectivity index (χ4v) is 3.06. The summed E-state index contributed by atoms with van der Waals surface area (Å²) in [6, 6.07) is 15.7. The SMILES string of the molecule is Cc1ccc(NC(=O)CSc2nnc(C)c3ccccc23)cc1. The van der Waals surface area contributed by atoms with Crippen LogP contribution in [0.1, 0.15) is 11.3 Å². The molecule has 4 nitrogen and oxygen atoms in total. The molecule has 5 heteroatoms. The van der Waals surface area contributed by atoms with E-state index in [9.17, 15) is 4.79 Å². The van der Waals surface area contributed by atoms with Crippen molar-refractivity contribution in [1.29, 1.82) is 0 Å². The number of aryl methyl sites for hydroxylation is 2. The van der Waals surface area contributed by atoms with Crippen LogP contribution in [0.15, 0.2) is 53.6 Å². The first-order valence-corrected chi connectivity index (χ1v) is 8.33. The fraction of sp³-hybridized carbons (Fsp3) is 0.167. The minimum atomic E-state index is -0.0506. The van der Waals surface area contributed by atoms with Crippen LogP contribution >= 0.6 is 11.8 Å². The third-order valence-corrected chi connectivity index (χ3v) is 4.49. The van der Waals surface area contributed by atoms with Gasteiger partial charge in [0.2, 0.25) is 5.91 Å². The predicted octanol–water partition coefficient (Wildman–Crippen LogP) is 3.98. The summed E-state index contributed by atoms with van der Waals surface area (Å²) in [4.78, 5) is 12.1. The average molecular weight is 323 g/mol. The summed E-state index contributed by atoms with van der Waals surface area (Å²) in [5, 5.41) is 14.2. The van der Waals surface area contributed by atoms with Crippen molar-refractivity contribution >= 4 is 34.1 Å². The molecule has 0 aliphatic heterocycles. The molecule has 116 valence electrons. The van der Waals surface area contributed by atoms with Crippen LogP contribution in [0.5, 0.6) is 0 Å². The molecule has 0 unspecified atom stereocenters. The zero-order chi connectivity index (χ0) is 16.2. The number of nitrogens with one attached hydrogen (secondary N) is 1. The lowest BCUT2D eigenvalue weighted by Crippen LogP contribution is -2.14. The standard InChI is InChI=1S/C18H17N3OS/c1-12-7-9-14(10-8-12)19-17(22)11-23-18-16-6-4-3-5-15(16)13(2)20-21-18/h3-10H,11H2,1-2H3,(H,19,22). The second-order valence-corrected chi connectivity index (χ2v) is 6.30. The Balaban J connectivity index is 1.70. The number of nitrogens with zero attached hydrogens (tertiary/aromatic N) is 2. The average Bonchev–Trinajstić information content (AvgIpc) is 2.57. The number of carbonyl (C=O) groups excluding carboxylic acids is 1. The second kappa shape index (κ2) is 6.79. The van der Waals surface area contributed by atoms with Gasteiger partial charge >= 0.3 is 0 Å². The lowest BCUT2D eigenvalue weighted by Gasteiger charge is -2.07. The number of hydrogen-bond acceptors (Lipinski definition) is 4. The number of anilines is 1. The van der Waals surface area contributed by atoms with Crippen molar-refractivity contribution in [2.24, 2.45) is 0 Å². The molecule has 0 saturated carbocycles. The Hall–Kier alpha value is -2.40. The van der Waals surface area contributed by atoms with Crippen LogP contribution in [0, 0.1) is 13.8 Å². The summed E-state index contributed by atoms with van der Waals surface area (Å²) in [5.41, 5.74) is 2.87. The van der Waals surface area contributed by atoms with Gasteiger partial charge in [0.1, 0.15) is 5.03 Å². The van der Waals surface area contributed by atoms with E-state index in [1.165, 1.54) is 17.3 Å². The number of rotatable bonds is 4. The lowest BCUT2D eigenvalue weighted by atomic mass is 10.1. The quantitative estimate of drug-likeness (QED) is 0.738. The Morgan fingerprint density at radius 1 is 1.00 bits per heavy atom. The summed E-state index contributed by atoms with van der Waals surface area (Å²) in [7, 11) is 0. The molecule has 1 N–H and O–H groups in total. The molecule has 0 saturated heterocycles. The molecular weight excluding hydrogens is 306 g/mol. The van der Waals surface area contributed by atoms with Gasteiger partial charge in [-0.15, -0.1) is 5.10 Å². The minimum absolute atomic E-state index is 0.0506. The Morgan fingerprint density at radius 2 is 1.70 bits per heavy atom. The van der Waals surface area contributed by atoms with Gasteiger partial charge < -0.3 is 5.32 Å². The maximum Gasteiger partial charge on any atom is 0.234 e. The molecule has 0 aliphatic carbocycles. The number of amides is 1. The summed E-state index contributed by atoms with van der Waals surface area (Å²) < 4.78 is 0. The number of hydrogen-bond donors (Lipinski definition) is 1. The second-order valence-electron chi connectivity index (χ2n) is 5.34. The molecule has 1 aromatic heterocycles. The van der Waals surface area contributed by atoms with E-state index in [4.69, 9.17) is 0 Å². The zero-order valence-corrected chi connectivity index (χ0v) is 13.9. The molecule has 2 aromatic carbocycles. The summed E-state index contributed by atoms with van der Waals surface area (Å²) in [6.07, 6.45) is 0. The summed E-state index contributed by atoms with van der Waals surface area (Å²) in [6.45, 7) is 3.95. The molecule has 0 radical (unpaired) electrons.